The van der Waals surface area contributed by atoms with Gasteiger partial charge in [-0.1, -0.05) is 24.3 Å². The summed E-state index contributed by atoms with van der Waals surface area (Å²) in [7, 11) is 0. The van der Waals surface area contributed by atoms with Crippen molar-refractivity contribution in [1.82, 2.24) is 0 Å². The van der Waals surface area contributed by atoms with E-state index in [2.05, 4.69) is 32.0 Å². The lowest BCUT2D eigenvalue weighted by molar-refractivity contribution is 0.0933. The number of carbonyl (C=O) groups excluding carboxylic acids is 1. The SMILES string of the molecule is Cc1cccc(C)c1-c1ccc2c(c1)C(=O)CCO2. The van der Waals surface area contributed by atoms with Crippen molar-refractivity contribution in [1.29, 1.82) is 0 Å². The van der Waals surface area contributed by atoms with Crippen molar-refractivity contribution >= 4 is 5.78 Å². The summed E-state index contributed by atoms with van der Waals surface area (Å²) in [5.41, 5.74) is 5.47. The van der Waals surface area contributed by atoms with Crippen molar-refractivity contribution in [2.45, 2.75) is 20.3 Å². The number of aryl methyl sites for hydroxylation is 2. The normalized spacial score (nSPS) is 13.9. The molecule has 1 aliphatic rings. The molecule has 0 radical (unpaired) electrons. The third kappa shape index (κ3) is 2.03. The standard InChI is InChI=1S/C17H16O2/c1-11-4-3-5-12(2)17(11)13-6-7-16-14(10-13)15(18)8-9-19-16/h3-7,10H,8-9H2,1-2H3. The second kappa shape index (κ2) is 4.54. The zero-order chi connectivity index (χ0) is 13.4. The van der Waals surface area contributed by atoms with E-state index in [1.54, 1.807) is 0 Å². The minimum atomic E-state index is 0.175. The van der Waals surface area contributed by atoms with Crippen LogP contribution in [0.4, 0.5) is 0 Å². The first-order chi connectivity index (χ1) is 9.16. The summed E-state index contributed by atoms with van der Waals surface area (Å²) in [6.07, 6.45) is 0.475. The summed E-state index contributed by atoms with van der Waals surface area (Å²) < 4.78 is 5.52. The lowest BCUT2D eigenvalue weighted by atomic mass is 9.93. The minimum Gasteiger partial charge on any atom is -0.492 e. The van der Waals surface area contributed by atoms with Crippen molar-refractivity contribution in [3.8, 4) is 16.9 Å². The molecule has 0 bridgehead atoms. The van der Waals surface area contributed by atoms with E-state index in [1.807, 2.05) is 18.2 Å². The zero-order valence-corrected chi connectivity index (χ0v) is 11.2. The van der Waals surface area contributed by atoms with Gasteiger partial charge in [-0.2, -0.15) is 0 Å². The Bertz CT molecular complexity index is 636. The van der Waals surface area contributed by atoms with Crippen LogP contribution in [0.25, 0.3) is 11.1 Å². The van der Waals surface area contributed by atoms with E-state index in [1.165, 1.54) is 16.7 Å². The largest absolute Gasteiger partial charge is 0.492 e. The fraction of sp³-hybridized carbons (Fsp3) is 0.235. The Kier molecular flexibility index (Phi) is 2.86. The Balaban J connectivity index is 2.17. The first kappa shape index (κ1) is 12.0. The molecule has 0 atom stereocenters. The number of ether oxygens (including phenoxy) is 1. The van der Waals surface area contributed by atoms with Gasteiger partial charge in [0.1, 0.15) is 5.75 Å². The Morgan fingerprint density at radius 2 is 1.79 bits per heavy atom. The smallest absolute Gasteiger partial charge is 0.170 e. The first-order valence-corrected chi connectivity index (χ1v) is 6.53. The van der Waals surface area contributed by atoms with E-state index < -0.39 is 0 Å². The number of benzene rings is 2. The predicted molar refractivity (Wildman–Crippen MR) is 75.8 cm³/mol. The van der Waals surface area contributed by atoms with E-state index in [-0.39, 0.29) is 5.78 Å². The van der Waals surface area contributed by atoms with Crippen LogP contribution in [0.15, 0.2) is 36.4 Å². The number of fused-ring (bicyclic) bond motifs is 1. The highest BCUT2D eigenvalue weighted by atomic mass is 16.5. The molecule has 1 heterocycles. The number of rotatable bonds is 1. The second-order valence-electron chi connectivity index (χ2n) is 5.00. The fourth-order valence-electron chi connectivity index (χ4n) is 2.69. The molecular weight excluding hydrogens is 236 g/mol. The fourth-order valence-corrected chi connectivity index (χ4v) is 2.69. The monoisotopic (exact) mass is 252 g/mol. The van der Waals surface area contributed by atoms with Crippen LogP contribution < -0.4 is 4.74 Å². The molecule has 0 saturated carbocycles. The average Bonchev–Trinajstić information content (AvgIpc) is 2.39. The number of hydrogen-bond acceptors (Lipinski definition) is 2. The highest BCUT2D eigenvalue weighted by Crippen LogP contribution is 2.33. The average molecular weight is 252 g/mol. The lowest BCUT2D eigenvalue weighted by Gasteiger charge is -2.18. The molecule has 0 N–H and O–H groups in total. The van der Waals surface area contributed by atoms with Crippen LogP contribution in [-0.4, -0.2) is 12.4 Å². The third-order valence-corrected chi connectivity index (χ3v) is 3.64. The van der Waals surface area contributed by atoms with Crippen molar-refractivity contribution in [3.05, 3.63) is 53.1 Å². The highest BCUT2D eigenvalue weighted by molar-refractivity contribution is 6.00. The summed E-state index contributed by atoms with van der Waals surface area (Å²) in [5.74, 6) is 0.889. The minimum absolute atomic E-state index is 0.175. The number of ketones is 1. The second-order valence-corrected chi connectivity index (χ2v) is 5.00. The van der Waals surface area contributed by atoms with E-state index >= 15 is 0 Å². The maximum absolute atomic E-state index is 12.0. The van der Waals surface area contributed by atoms with Crippen LogP contribution in [0.2, 0.25) is 0 Å². The topological polar surface area (TPSA) is 26.3 Å². The highest BCUT2D eigenvalue weighted by Gasteiger charge is 2.19. The molecule has 0 aromatic heterocycles. The predicted octanol–water partition coefficient (Wildman–Crippen LogP) is 3.94. The van der Waals surface area contributed by atoms with E-state index in [0.717, 1.165) is 5.56 Å². The summed E-state index contributed by atoms with van der Waals surface area (Å²) in [6, 6.07) is 12.2. The maximum atomic E-state index is 12.0. The van der Waals surface area contributed by atoms with Crippen LogP contribution in [0.1, 0.15) is 27.9 Å². The molecule has 2 aromatic rings. The van der Waals surface area contributed by atoms with Crippen LogP contribution in [0.5, 0.6) is 5.75 Å². The van der Waals surface area contributed by atoms with Gasteiger partial charge < -0.3 is 4.74 Å². The molecule has 0 amide bonds. The van der Waals surface area contributed by atoms with Gasteiger partial charge in [-0.05, 0) is 48.2 Å². The van der Waals surface area contributed by atoms with Gasteiger partial charge in [-0.15, -0.1) is 0 Å². The van der Waals surface area contributed by atoms with Gasteiger partial charge in [-0.3, -0.25) is 4.79 Å². The summed E-state index contributed by atoms with van der Waals surface area (Å²) in [6.45, 7) is 4.69. The zero-order valence-electron chi connectivity index (χ0n) is 11.2. The van der Waals surface area contributed by atoms with Gasteiger partial charge in [0, 0.05) is 6.42 Å². The summed E-state index contributed by atoms with van der Waals surface area (Å²) in [5, 5.41) is 0. The molecule has 0 saturated heterocycles. The Hall–Kier alpha value is -2.09. The molecule has 0 unspecified atom stereocenters. The molecule has 3 rings (SSSR count). The molecule has 0 spiro atoms. The van der Waals surface area contributed by atoms with Crippen molar-refractivity contribution in [2.75, 3.05) is 6.61 Å². The van der Waals surface area contributed by atoms with Crippen molar-refractivity contribution in [2.24, 2.45) is 0 Å². The summed E-state index contributed by atoms with van der Waals surface area (Å²) >= 11 is 0. The molecule has 0 aliphatic carbocycles. The van der Waals surface area contributed by atoms with Gasteiger partial charge in [0.05, 0.1) is 12.2 Å². The Labute approximate surface area is 113 Å². The van der Waals surface area contributed by atoms with Crippen LogP contribution in [0, 0.1) is 13.8 Å². The Morgan fingerprint density at radius 1 is 1.05 bits per heavy atom. The maximum Gasteiger partial charge on any atom is 0.170 e. The van der Waals surface area contributed by atoms with Crippen molar-refractivity contribution < 1.29 is 9.53 Å². The van der Waals surface area contributed by atoms with Crippen molar-refractivity contribution in [3.63, 3.8) is 0 Å². The van der Waals surface area contributed by atoms with Crippen LogP contribution in [0.3, 0.4) is 0 Å². The molecule has 1 aliphatic heterocycles. The van der Waals surface area contributed by atoms with Gasteiger partial charge in [0.15, 0.2) is 5.78 Å². The molecule has 96 valence electrons. The van der Waals surface area contributed by atoms with Gasteiger partial charge in [0.25, 0.3) is 0 Å². The van der Waals surface area contributed by atoms with E-state index in [4.69, 9.17) is 4.74 Å². The molecule has 19 heavy (non-hydrogen) atoms. The number of hydrogen-bond donors (Lipinski definition) is 0. The summed E-state index contributed by atoms with van der Waals surface area (Å²) in [4.78, 5) is 12.0. The molecule has 2 heteroatoms. The first-order valence-electron chi connectivity index (χ1n) is 6.53. The number of carbonyl (C=O) groups is 1. The Morgan fingerprint density at radius 3 is 2.53 bits per heavy atom. The van der Waals surface area contributed by atoms with E-state index in [9.17, 15) is 4.79 Å². The molecule has 0 fully saturated rings. The molecule has 2 nitrogen and oxygen atoms in total. The lowest BCUT2D eigenvalue weighted by Crippen LogP contribution is -2.15. The molecule has 2 aromatic carbocycles. The van der Waals surface area contributed by atoms with Gasteiger partial charge in [0.2, 0.25) is 0 Å². The van der Waals surface area contributed by atoms with Gasteiger partial charge >= 0.3 is 0 Å². The van der Waals surface area contributed by atoms with Crippen LogP contribution in [-0.2, 0) is 0 Å². The number of Topliss-reactive ketones (excluding diaryl/α,β-unsaturated/α-hetero) is 1. The van der Waals surface area contributed by atoms with E-state index in [0.29, 0.717) is 24.3 Å². The van der Waals surface area contributed by atoms with Crippen LogP contribution >= 0.6 is 0 Å². The quantitative estimate of drug-likeness (QED) is 0.768. The van der Waals surface area contributed by atoms with Gasteiger partial charge in [-0.25, -0.2) is 0 Å². The third-order valence-electron chi connectivity index (χ3n) is 3.64. The molecular formula is C17H16O2.